The second-order valence-corrected chi connectivity index (χ2v) is 7.84. The van der Waals surface area contributed by atoms with Gasteiger partial charge in [0, 0.05) is 23.0 Å². The van der Waals surface area contributed by atoms with Crippen molar-refractivity contribution in [3.8, 4) is 11.3 Å². The Morgan fingerprint density at radius 2 is 1.90 bits per heavy atom. The van der Waals surface area contributed by atoms with Crippen molar-refractivity contribution in [3.05, 3.63) is 41.8 Å². The average Bonchev–Trinajstić information content (AvgIpc) is 2.88. The van der Waals surface area contributed by atoms with Gasteiger partial charge in [0.25, 0.3) is 0 Å². The lowest BCUT2D eigenvalue weighted by atomic mass is 10.1. The van der Waals surface area contributed by atoms with Gasteiger partial charge in [-0.3, -0.25) is 0 Å². The molecule has 1 unspecified atom stereocenters. The van der Waals surface area contributed by atoms with Crippen LogP contribution in [0.25, 0.3) is 11.3 Å². The Morgan fingerprint density at radius 3 is 2.48 bits per heavy atom. The molecule has 0 radical (unpaired) electrons. The van der Waals surface area contributed by atoms with E-state index in [1.165, 1.54) is 12.1 Å². The smallest absolute Gasteiger partial charge is 0.167 e. The van der Waals surface area contributed by atoms with E-state index in [1.807, 2.05) is 27.7 Å². The van der Waals surface area contributed by atoms with Crippen molar-refractivity contribution in [3.63, 3.8) is 0 Å². The third-order valence-electron chi connectivity index (χ3n) is 2.94. The first kappa shape index (κ1) is 16.0. The molecule has 1 heterocycles. The van der Waals surface area contributed by atoms with Gasteiger partial charge in [0.15, 0.2) is 5.76 Å². The largest absolute Gasteiger partial charge is 0.598 e. The van der Waals surface area contributed by atoms with Gasteiger partial charge in [0.2, 0.25) is 0 Å². The lowest BCUT2D eigenvalue weighted by molar-refractivity contribution is 0.415. The fraction of sp³-hybridized carbons (Fsp3) is 0.400. The van der Waals surface area contributed by atoms with Crippen LogP contribution in [0.2, 0.25) is 0 Å². The zero-order valence-corrected chi connectivity index (χ0v) is 13.3. The topological polar surface area (TPSA) is 61.1 Å². The van der Waals surface area contributed by atoms with Crippen LogP contribution in [0.1, 0.15) is 39.4 Å². The van der Waals surface area contributed by atoms with Gasteiger partial charge >= 0.3 is 0 Å². The van der Waals surface area contributed by atoms with E-state index in [-0.39, 0.29) is 16.6 Å². The van der Waals surface area contributed by atoms with Crippen molar-refractivity contribution in [1.29, 1.82) is 0 Å². The molecule has 2 aromatic rings. The Balaban J connectivity index is 2.10. The predicted molar refractivity (Wildman–Crippen MR) is 81.3 cm³/mol. The summed E-state index contributed by atoms with van der Waals surface area (Å²) in [6.45, 7) is 7.57. The first-order chi connectivity index (χ1) is 9.77. The van der Waals surface area contributed by atoms with E-state index in [0.717, 1.165) is 5.56 Å². The van der Waals surface area contributed by atoms with Crippen LogP contribution < -0.4 is 4.72 Å². The van der Waals surface area contributed by atoms with Crippen LogP contribution in [-0.4, -0.2) is 14.5 Å². The second-order valence-electron chi connectivity index (χ2n) is 5.84. The van der Waals surface area contributed by atoms with E-state index >= 15 is 0 Å². The lowest BCUT2D eigenvalue weighted by Gasteiger charge is -2.25. The Kier molecular flexibility index (Phi) is 4.70. The fourth-order valence-corrected chi connectivity index (χ4v) is 2.44. The van der Waals surface area contributed by atoms with Gasteiger partial charge in [-0.15, -0.1) is 4.72 Å². The van der Waals surface area contributed by atoms with Crippen molar-refractivity contribution >= 4 is 11.4 Å². The molecule has 6 heteroatoms. The number of halogens is 1. The molecule has 1 N–H and O–H groups in total. The molecule has 0 saturated carbocycles. The zero-order valence-electron chi connectivity index (χ0n) is 12.5. The van der Waals surface area contributed by atoms with E-state index in [4.69, 9.17) is 4.52 Å². The van der Waals surface area contributed by atoms with E-state index in [1.54, 1.807) is 18.2 Å². The standard InChI is InChI=1S/C15H19FN2O2S/c1-10(18-21(19)15(2,3)4)13-9-14(20-17-13)11-5-7-12(16)8-6-11/h5-10,18H,1-4H3/t10-,21?/m0/s1. The number of benzene rings is 1. The summed E-state index contributed by atoms with van der Waals surface area (Å²) in [5, 5.41) is 3.98. The lowest BCUT2D eigenvalue weighted by Crippen LogP contribution is -2.40. The van der Waals surface area contributed by atoms with Gasteiger partial charge in [0.05, 0.1) is 6.04 Å². The number of aromatic nitrogens is 1. The number of nitrogens with one attached hydrogen (secondary N) is 1. The van der Waals surface area contributed by atoms with Crippen LogP contribution in [0.4, 0.5) is 4.39 Å². The van der Waals surface area contributed by atoms with Gasteiger partial charge in [-0.2, -0.15) is 0 Å². The van der Waals surface area contributed by atoms with E-state index in [2.05, 4.69) is 9.88 Å². The van der Waals surface area contributed by atoms with Gasteiger partial charge in [-0.1, -0.05) is 5.16 Å². The maximum Gasteiger partial charge on any atom is 0.167 e. The summed E-state index contributed by atoms with van der Waals surface area (Å²) in [5.41, 5.74) is 1.41. The Hall–Kier alpha value is -1.37. The fourth-order valence-electron chi connectivity index (χ4n) is 1.64. The quantitative estimate of drug-likeness (QED) is 0.877. The molecular formula is C15H19FN2O2S. The molecule has 1 aromatic carbocycles. The molecule has 0 fully saturated rings. The highest BCUT2D eigenvalue weighted by Crippen LogP contribution is 2.24. The summed E-state index contributed by atoms with van der Waals surface area (Å²) >= 11 is -1.19. The normalized spacial score (nSPS) is 15.0. The number of rotatable bonds is 4. The van der Waals surface area contributed by atoms with Crippen LogP contribution in [-0.2, 0) is 11.4 Å². The third-order valence-corrected chi connectivity index (χ3v) is 4.62. The molecule has 4 nitrogen and oxygen atoms in total. The van der Waals surface area contributed by atoms with Gasteiger partial charge in [0.1, 0.15) is 16.3 Å². The maximum absolute atomic E-state index is 12.9. The maximum atomic E-state index is 12.9. The van der Waals surface area contributed by atoms with E-state index in [9.17, 15) is 8.94 Å². The van der Waals surface area contributed by atoms with Gasteiger partial charge in [-0.05, 0) is 52.0 Å². The first-order valence-electron chi connectivity index (χ1n) is 6.68. The number of nitrogens with zero attached hydrogens (tertiary/aromatic N) is 1. The van der Waals surface area contributed by atoms with Crippen LogP contribution in [0, 0.1) is 5.82 Å². The van der Waals surface area contributed by atoms with Gasteiger partial charge in [-0.25, -0.2) is 4.39 Å². The zero-order chi connectivity index (χ0) is 15.6. The summed E-state index contributed by atoms with van der Waals surface area (Å²) in [5.74, 6) is 0.259. The minimum atomic E-state index is -1.19. The summed E-state index contributed by atoms with van der Waals surface area (Å²) in [6, 6.07) is 7.56. The van der Waals surface area contributed by atoms with Crippen molar-refractivity contribution in [2.24, 2.45) is 0 Å². The third kappa shape index (κ3) is 4.06. The molecule has 0 spiro atoms. The Bertz CT molecular complexity index is 592. The molecule has 2 atom stereocenters. The molecule has 0 amide bonds. The highest BCUT2D eigenvalue weighted by molar-refractivity contribution is 7.90. The SMILES string of the molecule is C[C@H](N[S+]([O-])C(C)(C)C)c1cc(-c2ccc(F)cc2)on1. The van der Waals surface area contributed by atoms with Gasteiger partial charge < -0.3 is 9.08 Å². The minimum absolute atomic E-state index is 0.206. The molecular weight excluding hydrogens is 291 g/mol. The van der Waals surface area contributed by atoms with Crippen molar-refractivity contribution in [2.75, 3.05) is 0 Å². The van der Waals surface area contributed by atoms with Crippen LogP contribution in [0.3, 0.4) is 0 Å². The van der Waals surface area contributed by atoms with E-state index in [0.29, 0.717) is 11.5 Å². The monoisotopic (exact) mass is 310 g/mol. The number of hydrogen-bond donors (Lipinski definition) is 1. The summed E-state index contributed by atoms with van der Waals surface area (Å²) in [7, 11) is 0. The van der Waals surface area contributed by atoms with Crippen LogP contribution in [0.5, 0.6) is 0 Å². The first-order valence-corrected chi connectivity index (χ1v) is 7.83. The molecule has 0 aliphatic heterocycles. The summed E-state index contributed by atoms with van der Waals surface area (Å²) in [4.78, 5) is 0. The molecule has 114 valence electrons. The second kappa shape index (κ2) is 6.17. The molecule has 0 aliphatic carbocycles. The average molecular weight is 310 g/mol. The highest BCUT2D eigenvalue weighted by Gasteiger charge is 2.29. The van der Waals surface area contributed by atoms with E-state index < -0.39 is 11.4 Å². The molecule has 0 aliphatic rings. The molecule has 0 bridgehead atoms. The van der Waals surface area contributed by atoms with Crippen LogP contribution >= 0.6 is 0 Å². The summed E-state index contributed by atoms with van der Waals surface area (Å²) in [6.07, 6.45) is 0. The van der Waals surface area contributed by atoms with Crippen molar-refractivity contribution in [2.45, 2.75) is 38.5 Å². The minimum Gasteiger partial charge on any atom is -0.598 e. The Morgan fingerprint density at radius 1 is 1.29 bits per heavy atom. The van der Waals surface area contributed by atoms with Crippen LogP contribution in [0.15, 0.2) is 34.9 Å². The van der Waals surface area contributed by atoms with Crippen molar-refractivity contribution in [1.82, 2.24) is 9.88 Å². The Labute approximate surface area is 127 Å². The molecule has 2 rings (SSSR count). The van der Waals surface area contributed by atoms with Crippen molar-refractivity contribution < 1.29 is 13.5 Å². The number of hydrogen-bond acceptors (Lipinski definition) is 4. The highest BCUT2D eigenvalue weighted by atomic mass is 32.2. The molecule has 0 saturated heterocycles. The predicted octanol–water partition coefficient (Wildman–Crippen LogP) is 3.59. The molecule has 21 heavy (non-hydrogen) atoms. The molecule has 1 aromatic heterocycles. The summed E-state index contributed by atoms with van der Waals surface area (Å²) < 4.78 is 32.9.